The molecule has 2 aromatic rings. The second-order valence-corrected chi connectivity index (χ2v) is 5.66. The maximum absolute atomic E-state index is 13.4. The van der Waals surface area contributed by atoms with Crippen LogP contribution in [0.5, 0.6) is 5.75 Å². The lowest BCUT2D eigenvalue weighted by atomic mass is 10.2. The molecule has 136 valence electrons. The topological polar surface area (TPSA) is 67.4 Å². The van der Waals surface area contributed by atoms with Crippen LogP contribution in [0.15, 0.2) is 48.5 Å². The minimum atomic E-state index is -0.375. The van der Waals surface area contributed by atoms with Crippen LogP contribution < -0.4 is 15.4 Å². The quantitative estimate of drug-likeness (QED) is 0.748. The van der Waals surface area contributed by atoms with Gasteiger partial charge in [0.05, 0.1) is 7.11 Å². The molecule has 2 amide bonds. The van der Waals surface area contributed by atoms with Gasteiger partial charge in [-0.15, -0.1) is 0 Å². The standard InChI is InChI=1S/C20H21FN2O3/c1-14-3-7-16(13-18(14)21)23-20(25)11-12-22-19(24)10-6-15-4-8-17(26-2)9-5-15/h3-10,13H,11-12H2,1-2H3,(H,22,24)(H,23,25)/b10-6+. The number of methoxy groups -OCH3 is 1. The van der Waals surface area contributed by atoms with Gasteiger partial charge in [0.1, 0.15) is 11.6 Å². The molecular weight excluding hydrogens is 335 g/mol. The molecule has 2 aromatic carbocycles. The number of carbonyl (C=O) groups excluding carboxylic acids is 2. The Morgan fingerprint density at radius 2 is 1.88 bits per heavy atom. The number of aryl methyl sites for hydroxylation is 1. The van der Waals surface area contributed by atoms with Crippen molar-refractivity contribution in [3.05, 3.63) is 65.5 Å². The minimum absolute atomic E-state index is 0.0949. The highest BCUT2D eigenvalue weighted by Gasteiger charge is 2.05. The van der Waals surface area contributed by atoms with Crippen molar-refractivity contribution < 1.29 is 18.7 Å². The summed E-state index contributed by atoms with van der Waals surface area (Å²) in [5.74, 6) is -0.228. The molecule has 0 atom stereocenters. The van der Waals surface area contributed by atoms with Gasteiger partial charge in [-0.05, 0) is 48.4 Å². The van der Waals surface area contributed by atoms with E-state index >= 15 is 0 Å². The number of carbonyl (C=O) groups is 2. The van der Waals surface area contributed by atoms with Crippen molar-refractivity contribution >= 4 is 23.6 Å². The predicted octanol–water partition coefficient (Wildman–Crippen LogP) is 3.30. The van der Waals surface area contributed by atoms with Crippen molar-refractivity contribution in [2.45, 2.75) is 13.3 Å². The van der Waals surface area contributed by atoms with E-state index in [1.54, 1.807) is 44.4 Å². The molecule has 0 heterocycles. The molecule has 26 heavy (non-hydrogen) atoms. The van der Waals surface area contributed by atoms with E-state index in [1.165, 1.54) is 12.1 Å². The molecule has 5 nitrogen and oxygen atoms in total. The number of nitrogens with one attached hydrogen (secondary N) is 2. The van der Waals surface area contributed by atoms with E-state index in [0.29, 0.717) is 11.3 Å². The van der Waals surface area contributed by atoms with Crippen LogP contribution in [0, 0.1) is 12.7 Å². The predicted molar refractivity (Wildman–Crippen MR) is 99.4 cm³/mol. The molecule has 0 aromatic heterocycles. The Kier molecular flexibility index (Phi) is 6.91. The van der Waals surface area contributed by atoms with E-state index < -0.39 is 0 Å². The zero-order chi connectivity index (χ0) is 18.9. The molecule has 0 aliphatic rings. The van der Waals surface area contributed by atoms with Crippen LogP contribution in [0.3, 0.4) is 0 Å². The van der Waals surface area contributed by atoms with E-state index in [9.17, 15) is 14.0 Å². The summed E-state index contributed by atoms with van der Waals surface area (Å²) in [6, 6.07) is 11.8. The molecule has 2 N–H and O–H groups in total. The molecule has 0 bridgehead atoms. The van der Waals surface area contributed by atoms with Gasteiger partial charge in [0.25, 0.3) is 0 Å². The van der Waals surface area contributed by atoms with Gasteiger partial charge in [-0.2, -0.15) is 0 Å². The first kappa shape index (κ1) is 19.2. The third-order valence-corrected chi connectivity index (χ3v) is 3.65. The van der Waals surface area contributed by atoms with Crippen LogP contribution in [0.25, 0.3) is 6.08 Å². The van der Waals surface area contributed by atoms with E-state index in [-0.39, 0.29) is 30.6 Å². The normalized spacial score (nSPS) is 10.6. The largest absolute Gasteiger partial charge is 0.497 e. The average molecular weight is 356 g/mol. The summed E-state index contributed by atoms with van der Waals surface area (Å²) < 4.78 is 18.5. The number of rotatable bonds is 7. The number of amides is 2. The highest BCUT2D eigenvalue weighted by Crippen LogP contribution is 2.14. The zero-order valence-electron chi connectivity index (χ0n) is 14.7. The molecule has 0 saturated heterocycles. The van der Waals surface area contributed by atoms with Gasteiger partial charge in [0, 0.05) is 24.7 Å². The van der Waals surface area contributed by atoms with Crippen LogP contribution in [-0.4, -0.2) is 25.5 Å². The number of ether oxygens (including phenoxy) is 1. The van der Waals surface area contributed by atoms with Crippen LogP contribution in [0.1, 0.15) is 17.5 Å². The Morgan fingerprint density at radius 3 is 2.54 bits per heavy atom. The lowest BCUT2D eigenvalue weighted by molar-refractivity contribution is -0.117. The summed E-state index contributed by atoms with van der Waals surface area (Å²) in [6.07, 6.45) is 3.16. The summed E-state index contributed by atoms with van der Waals surface area (Å²) in [5, 5.41) is 5.22. The summed E-state index contributed by atoms with van der Waals surface area (Å²) in [7, 11) is 1.59. The average Bonchev–Trinajstić information content (AvgIpc) is 2.63. The Balaban J connectivity index is 1.73. The van der Waals surface area contributed by atoms with Gasteiger partial charge >= 0.3 is 0 Å². The number of anilines is 1. The van der Waals surface area contributed by atoms with Crippen molar-refractivity contribution in [2.24, 2.45) is 0 Å². The van der Waals surface area contributed by atoms with Gasteiger partial charge in [0.15, 0.2) is 0 Å². The Bertz CT molecular complexity index is 801. The third-order valence-electron chi connectivity index (χ3n) is 3.65. The zero-order valence-corrected chi connectivity index (χ0v) is 14.7. The third kappa shape index (κ3) is 6.05. The molecular formula is C20H21FN2O3. The first-order chi connectivity index (χ1) is 12.5. The Hall–Kier alpha value is -3.15. The van der Waals surface area contributed by atoms with Gasteiger partial charge in [-0.25, -0.2) is 4.39 Å². The van der Waals surface area contributed by atoms with E-state index in [2.05, 4.69) is 10.6 Å². The number of hydrogen-bond acceptors (Lipinski definition) is 3. The summed E-state index contributed by atoms with van der Waals surface area (Å²) in [6.45, 7) is 1.84. The fraction of sp³-hybridized carbons (Fsp3) is 0.200. The molecule has 0 saturated carbocycles. The molecule has 0 radical (unpaired) electrons. The summed E-state index contributed by atoms with van der Waals surface area (Å²) in [4.78, 5) is 23.6. The second kappa shape index (κ2) is 9.36. The maximum atomic E-state index is 13.4. The highest BCUT2D eigenvalue weighted by molar-refractivity contribution is 5.93. The van der Waals surface area contributed by atoms with E-state index in [0.717, 1.165) is 11.3 Å². The van der Waals surface area contributed by atoms with Crippen LogP contribution in [-0.2, 0) is 9.59 Å². The minimum Gasteiger partial charge on any atom is -0.497 e. The second-order valence-electron chi connectivity index (χ2n) is 5.66. The van der Waals surface area contributed by atoms with Crippen LogP contribution in [0.2, 0.25) is 0 Å². The fourth-order valence-electron chi connectivity index (χ4n) is 2.14. The Labute approximate surface area is 151 Å². The van der Waals surface area contributed by atoms with Gasteiger partial charge in [-0.3, -0.25) is 9.59 Å². The van der Waals surface area contributed by atoms with Crippen molar-refractivity contribution in [3.8, 4) is 5.75 Å². The number of benzene rings is 2. The summed E-state index contributed by atoms with van der Waals surface area (Å²) >= 11 is 0. The molecule has 0 aliphatic carbocycles. The molecule has 2 rings (SSSR count). The van der Waals surface area contributed by atoms with Crippen molar-refractivity contribution in [2.75, 3.05) is 19.0 Å². The molecule has 0 fully saturated rings. The number of hydrogen-bond donors (Lipinski definition) is 2. The SMILES string of the molecule is COc1ccc(/C=C/C(=O)NCCC(=O)Nc2ccc(C)c(F)c2)cc1. The van der Waals surface area contributed by atoms with Gasteiger partial charge in [0.2, 0.25) is 11.8 Å². The lowest BCUT2D eigenvalue weighted by Gasteiger charge is -2.06. The fourth-order valence-corrected chi connectivity index (χ4v) is 2.14. The van der Waals surface area contributed by atoms with Crippen molar-refractivity contribution in [3.63, 3.8) is 0 Å². The van der Waals surface area contributed by atoms with E-state index in [4.69, 9.17) is 4.74 Å². The van der Waals surface area contributed by atoms with Crippen molar-refractivity contribution in [1.82, 2.24) is 5.32 Å². The molecule has 6 heteroatoms. The molecule has 0 spiro atoms. The van der Waals surface area contributed by atoms with E-state index in [1.807, 2.05) is 12.1 Å². The summed E-state index contributed by atoms with van der Waals surface area (Å²) in [5.41, 5.74) is 1.77. The van der Waals surface area contributed by atoms with Gasteiger partial charge in [-0.1, -0.05) is 18.2 Å². The first-order valence-corrected chi connectivity index (χ1v) is 8.14. The maximum Gasteiger partial charge on any atom is 0.244 e. The van der Waals surface area contributed by atoms with Crippen LogP contribution >= 0.6 is 0 Å². The first-order valence-electron chi connectivity index (χ1n) is 8.14. The Morgan fingerprint density at radius 1 is 1.15 bits per heavy atom. The smallest absolute Gasteiger partial charge is 0.244 e. The molecule has 0 aliphatic heterocycles. The monoisotopic (exact) mass is 356 g/mol. The number of halogens is 1. The van der Waals surface area contributed by atoms with Gasteiger partial charge < -0.3 is 15.4 Å². The van der Waals surface area contributed by atoms with Crippen molar-refractivity contribution in [1.29, 1.82) is 0 Å². The van der Waals surface area contributed by atoms with Crippen LogP contribution in [0.4, 0.5) is 10.1 Å². The lowest BCUT2D eigenvalue weighted by Crippen LogP contribution is -2.26. The highest BCUT2D eigenvalue weighted by atomic mass is 19.1. The molecule has 0 unspecified atom stereocenters.